The second-order valence-corrected chi connectivity index (χ2v) is 10.6. The Morgan fingerprint density at radius 3 is 2.24 bits per heavy atom. The van der Waals surface area contributed by atoms with Gasteiger partial charge in [0.1, 0.15) is 0 Å². The molecule has 0 saturated carbocycles. The molecule has 9 heteroatoms. The topological polar surface area (TPSA) is 93.0 Å². The van der Waals surface area contributed by atoms with Crippen LogP contribution in [-0.2, 0) is 11.2 Å². The molecule has 0 radical (unpaired) electrons. The molecule has 0 aliphatic heterocycles. The summed E-state index contributed by atoms with van der Waals surface area (Å²) in [4.78, 5) is 14.2. The number of likely N-dealkylation sites (N-methyl/N-ethyl adjacent to an activating group) is 1. The summed E-state index contributed by atoms with van der Waals surface area (Å²) in [6.45, 7) is 2.67. The second-order valence-electron chi connectivity index (χ2n) is 9.52. The van der Waals surface area contributed by atoms with Gasteiger partial charge >= 0.3 is 14.0 Å². The summed E-state index contributed by atoms with van der Waals surface area (Å²) in [5.74, 6) is -0.0215. The van der Waals surface area contributed by atoms with Crippen molar-refractivity contribution in [2.45, 2.75) is 13.2 Å². The van der Waals surface area contributed by atoms with Crippen molar-refractivity contribution in [2.24, 2.45) is 0 Å². The van der Waals surface area contributed by atoms with Crippen molar-refractivity contribution < 1.29 is 19.9 Å². The number of nitrogens with one attached hydrogen (secondary N) is 1. The van der Waals surface area contributed by atoms with E-state index in [4.69, 9.17) is 0 Å². The number of hydrogen-bond acceptors (Lipinski definition) is 6. The van der Waals surface area contributed by atoms with Crippen LogP contribution in [0, 0.1) is 0 Å². The summed E-state index contributed by atoms with van der Waals surface area (Å²) in [5, 5.41) is 33.6. The smallest absolute Gasteiger partial charge is 0.447 e. The van der Waals surface area contributed by atoms with Crippen molar-refractivity contribution in [3.63, 3.8) is 0 Å². The van der Waals surface area contributed by atoms with Crippen LogP contribution in [0.15, 0.2) is 78.9 Å². The Balaban J connectivity index is 1.57. The van der Waals surface area contributed by atoms with Crippen molar-refractivity contribution in [1.29, 1.82) is 0 Å². The normalized spacial score (nSPS) is 11.3. The quantitative estimate of drug-likeness (QED) is 0.145. The Hall–Kier alpha value is -3.20. The Bertz CT molecular complexity index is 1420. The molecule has 0 unspecified atom stereocenters. The van der Waals surface area contributed by atoms with Crippen molar-refractivity contribution >= 4 is 52.3 Å². The van der Waals surface area contributed by atoms with Crippen LogP contribution in [0.5, 0.6) is 0 Å². The first kappa shape index (κ1) is 27.8. The summed E-state index contributed by atoms with van der Waals surface area (Å²) < 4.78 is 1.09. The van der Waals surface area contributed by atoms with Gasteiger partial charge in [-0.3, -0.25) is 4.79 Å². The van der Waals surface area contributed by atoms with E-state index in [9.17, 15) is 19.9 Å². The lowest BCUT2D eigenvalue weighted by Gasteiger charge is -2.09. The van der Waals surface area contributed by atoms with Crippen molar-refractivity contribution in [3.05, 3.63) is 84.4 Å². The van der Waals surface area contributed by atoms with Crippen molar-refractivity contribution in [3.8, 4) is 21.6 Å². The summed E-state index contributed by atoms with van der Waals surface area (Å²) in [6.07, 6.45) is 4.29. The lowest BCUT2D eigenvalue weighted by Crippen LogP contribution is -2.29. The van der Waals surface area contributed by atoms with Gasteiger partial charge in [0.25, 0.3) is 0 Å². The number of carbonyl (C=O) groups excluding carboxylic acids is 1. The highest BCUT2D eigenvalue weighted by Crippen LogP contribution is 2.44. The maximum absolute atomic E-state index is 11.6. The number of rotatable bonds is 10. The van der Waals surface area contributed by atoms with Gasteiger partial charge in [-0.05, 0) is 46.6 Å². The van der Waals surface area contributed by atoms with E-state index in [0.29, 0.717) is 12.0 Å². The van der Waals surface area contributed by atoms with E-state index in [1.807, 2.05) is 30.3 Å². The highest BCUT2D eigenvalue weighted by atomic mass is 32.1. The Morgan fingerprint density at radius 2 is 1.61 bits per heavy atom. The molecule has 4 N–H and O–H groups in total. The predicted molar refractivity (Wildman–Crippen MR) is 160 cm³/mol. The van der Waals surface area contributed by atoms with Gasteiger partial charge in [-0.2, -0.15) is 0 Å². The van der Waals surface area contributed by atoms with Crippen LogP contribution in [0.1, 0.15) is 5.56 Å². The van der Waals surface area contributed by atoms with E-state index in [2.05, 4.69) is 35.6 Å². The van der Waals surface area contributed by atoms with Crippen molar-refractivity contribution in [2.75, 3.05) is 27.2 Å². The molecule has 38 heavy (non-hydrogen) atoms. The van der Waals surface area contributed by atoms with Crippen LogP contribution in [0.25, 0.3) is 31.7 Å². The molecule has 0 aliphatic carbocycles. The predicted octanol–water partition coefficient (Wildman–Crippen LogP) is 2.51. The molecule has 0 bridgehead atoms. The lowest BCUT2D eigenvalue weighted by atomic mass is 9.64. The summed E-state index contributed by atoms with van der Waals surface area (Å²) in [6, 6.07) is 22.0. The van der Waals surface area contributed by atoms with E-state index in [1.165, 1.54) is 5.56 Å². The third-order valence-electron chi connectivity index (χ3n) is 6.46. The molecule has 0 spiro atoms. The first-order valence-corrected chi connectivity index (χ1v) is 13.4. The number of nitrogens with zero attached hydrogens (tertiary/aromatic N) is 1. The molecule has 1 aromatic heterocycles. The molecule has 1 heterocycles. The van der Waals surface area contributed by atoms with Gasteiger partial charge in [0.2, 0.25) is 5.91 Å². The molecule has 3 aromatic carbocycles. The average Bonchev–Trinajstić information content (AvgIpc) is 3.29. The highest BCUT2D eigenvalue weighted by molar-refractivity contribution is 7.23. The molecule has 0 aliphatic rings. The first-order chi connectivity index (χ1) is 18.2. The summed E-state index contributed by atoms with van der Waals surface area (Å²) in [5.41, 5.74) is 5.76. The van der Waals surface area contributed by atoms with Gasteiger partial charge in [0.15, 0.2) is 0 Å². The zero-order chi connectivity index (χ0) is 27.2. The zero-order valence-electron chi connectivity index (χ0n) is 21.9. The first-order valence-electron chi connectivity index (χ1n) is 12.6. The van der Waals surface area contributed by atoms with E-state index in [1.54, 1.807) is 55.4 Å². The highest BCUT2D eigenvalue weighted by Gasteiger charge is 2.19. The van der Waals surface area contributed by atoms with Gasteiger partial charge in [-0.25, -0.2) is 0 Å². The molecule has 4 rings (SSSR count). The number of fused-ring (bicyclic) bond motifs is 1. The number of amides is 1. The van der Waals surface area contributed by atoms with Crippen LogP contribution in [-0.4, -0.2) is 67.1 Å². The van der Waals surface area contributed by atoms with Gasteiger partial charge in [0, 0.05) is 47.2 Å². The minimum atomic E-state index is -1.50. The van der Waals surface area contributed by atoms with Gasteiger partial charge in [-0.1, -0.05) is 73.6 Å². The SMILES string of the molecule is CB(O)c1ccc2c(-c3ccc(CCNC/C=C/C(=O)N(C)C)cc3)c(-c3ccc(B(O)O)cc3)sc2c1. The minimum absolute atomic E-state index is 0.0215. The fourth-order valence-electron chi connectivity index (χ4n) is 4.23. The van der Waals surface area contributed by atoms with E-state index in [0.717, 1.165) is 50.1 Å². The molecule has 6 nitrogen and oxygen atoms in total. The van der Waals surface area contributed by atoms with Crippen LogP contribution >= 0.6 is 11.3 Å². The number of benzene rings is 3. The number of hydrogen-bond donors (Lipinski definition) is 4. The monoisotopic (exact) mass is 526 g/mol. The molecule has 0 saturated heterocycles. The van der Waals surface area contributed by atoms with Crippen LogP contribution in [0.2, 0.25) is 6.82 Å². The molecular weight excluding hydrogens is 494 g/mol. The largest absolute Gasteiger partial charge is 0.488 e. The standard InChI is InChI=1S/C29H32B2N2O4S/c1-30(35)24-14-15-25-26(19-24)38-29(22-10-12-23(13-11-22)31(36)37)28(25)21-8-6-20(7-9-21)16-18-32-17-4-5-27(34)33(2)3/h4-15,19,32,35-37H,16-18H2,1-3H3/b5-4+. The molecule has 0 fully saturated rings. The van der Waals surface area contributed by atoms with E-state index < -0.39 is 14.0 Å². The maximum Gasteiger partial charge on any atom is 0.488 e. The van der Waals surface area contributed by atoms with Gasteiger partial charge in [0.05, 0.1) is 0 Å². The lowest BCUT2D eigenvalue weighted by molar-refractivity contribution is -0.123. The summed E-state index contributed by atoms with van der Waals surface area (Å²) >= 11 is 1.67. The minimum Gasteiger partial charge on any atom is -0.447 e. The Morgan fingerprint density at radius 1 is 0.947 bits per heavy atom. The number of thiophene rings is 1. The van der Waals surface area contributed by atoms with Gasteiger partial charge < -0.3 is 25.3 Å². The van der Waals surface area contributed by atoms with Crippen molar-refractivity contribution in [1.82, 2.24) is 10.2 Å². The average molecular weight is 526 g/mol. The molecule has 0 atom stereocenters. The third-order valence-corrected chi connectivity index (χ3v) is 7.67. The Kier molecular flexibility index (Phi) is 9.20. The fourth-order valence-corrected chi connectivity index (χ4v) is 5.51. The van der Waals surface area contributed by atoms with Crippen LogP contribution in [0.4, 0.5) is 0 Å². The van der Waals surface area contributed by atoms with Crippen LogP contribution < -0.4 is 16.2 Å². The number of carbonyl (C=O) groups is 1. The second kappa shape index (κ2) is 12.6. The van der Waals surface area contributed by atoms with E-state index in [-0.39, 0.29) is 5.91 Å². The summed E-state index contributed by atoms with van der Waals surface area (Å²) in [7, 11) is 1.96. The van der Waals surface area contributed by atoms with E-state index >= 15 is 0 Å². The maximum atomic E-state index is 11.6. The zero-order valence-corrected chi connectivity index (χ0v) is 22.7. The fraction of sp³-hybridized carbons (Fsp3) is 0.207. The van der Waals surface area contributed by atoms with Crippen LogP contribution in [0.3, 0.4) is 0 Å². The molecule has 1 amide bonds. The third kappa shape index (κ3) is 6.62. The van der Waals surface area contributed by atoms with Gasteiger partial charge in [-0.15, -0.1) is 11.3 Å². The Labute approximate surface area is 228 Å². The molecule has 4 aromatic rings. The molecule has 194 valence electrons. The molecular formula is C29H32B2N2O4S.